The molecule has 13 heavy (non-hydrogen) atoms. The highest BCUT2D eigenvalue weighted by atomic mass is 35.5. The largest absolute Gasteiger partial charge is 0.244 e. The Labute approximate surface area is 90.0 Å². The zero-order chi connectivity index (χ0) is 9.26. The van der Waals surface area contributed by atoms with Gasteiger partial charge in [-0.2, -0.15) is 0 Å². The first-order valence-corrected chi connectivity index (χ1v) is 5.12. The van der Waals surface area contributed by atoms with Gasteiger partial charge in [-0.15, -0.1) is 11.3 Å². The quantitative estimate of drug-likeness (QED) is 0.722. The lowest BCUT2D eigenvalue weighted by Gasteiger charge is -1.99. The Balaban J connectivity index is 2.57. The van der Waals surface area contributed by atoms with E-state index in [1.165, 1.54) is 11.3 Å². The number of hydrogen-bond donors (Lipinski definition) is 0. The summed E-state index contributed by atoms with van der Waals surface area (Å²) in [6, 6.07) is 5.32. The molecule has 0 fully saturated rings. The van der Waals surface area contributed by atoms with E-state index in [1.54, 1.807) is 24.4 Å². The highest BCUT2D eigenvalue weighted by Crippen LogP contribution is 2.31. The van der Waals surface area contributed by atoms with E-state index in [1.807, 2.05) is 0 Å². The Bertz CT molecular complexity index is 412. The van der Waals surface area contributed by atoms with Crippen molar-refractivity contribution in [3.63, 3.8) is 0 Å². The van der Waals surface area contributed by atoms with Crippen LogP contribution in [0, 0.1) is 5.38 Å². The van der Waals surface area contributed by atoms with Gasteiger partial charge in [-0.25, -0.2) is 4.98 Å². The lowest BCUT2D eigenvalue weighted by atomic mass is 10.2. The predicted molar refractivity (Wildman–Crippen MR) is 56.4 cm³/mol. The van der Waals surface area contributed by atoms with E-state index in [9.17, 15) is 0 Å². The minimum absolute atomic E-state index is 0.660. The van der Waals surface area contributed by atoms with E-state index in [0.29, 0.717) is 10.0 Å². The Morgan fingerprint density at radius 1 is 1.31 bits per heavy atom. The molecule has 2 rings (SSSR count). The van der Waals surface area contributed by atoms with Crippen molar-refractivity contribution in [2.45, 2.75) is 0 Å². The molecule has 0 N–H and O–H groups in total. The maximum Gasteiger partial charge on any atom is 0.125 e. The van der Waals surface area contributed by atoms with Crippen LogP contribution >= 0.6 is 34.5 Å². The molecular formula is C9H4Cl2NS. The molecule has 0 bridgehead atoms. The molecule has 0 aliphatic heterocycles. The number of nitrogens with zero attached hydrogens (tertiary/aromatic N) is 1. The van der Waals surface area contributed by atoms with Gasteiger partial charge in [-0.1, -0.05) is 23.2 Å². The van der Waals surface area contributed by atoms with Crippen molar-refractivity contribution in [2.24, 2.45) is 0 Å². The number of rotatable bonds is 1. The summed E-state index contributed by atoms with van der Waals surface area (Å²) >= 11 is 13.2. The minimum atomic E-state index is 0.660. The third kappa shape index (κ3) is 1.85. The smallest absolute Gasteiger partial charge is 0.125 e. The zero-order valence-corrected chi connectivity index (χ0v) is 8.75. The van der Waals surface area contributed by atoms with Gasteiger partial charge < -0.3 is 0 Å². The summed E-state index contributed by atoms with van der Waals surface area (Å²) in [5.74, 6) is 0. The van der Waals surface area contributed by atoms with E-state index in [0.717, 1.165) is 10.6 Å². The summed E-state index contributed by atoms with van der Waals surface area (Å²) in [6.07, 6.45) is 1.62. The number of aromatic nitrogens is 1. The standard InChI is InChI=1S/C9H4Cl2NS/c10-6-1-2-8(11)7(5-6)9-12-3-4-13-9/h1-3,5H. The van der Waals surface area contributed by atoms with Gasteiger partial charge in [0.05, 0.1) is 10.4 Å². The van der Waals surface area contributed by atoms with Crippen LogP contribution in [0.25, 0.3) is 10.6 Å². The third-order valence-electron chi connectivity index (χ3n) is 1.55. The van der Waals surface area contributed by atoms with E-state index in [-0.39, 0.29) is 0 Å². The highest BCUT2D eigenvalue weighted by molar-refractivity contribution is 7.12. The summed E-state index contributed by atoms with van der Waals surface area (Å²) in [5, 5.41) is 5.07. The number of thiazole rings is 1. The normalized spacial score (nSPS) is 10.3. The molecule has 0 saturated heterocycles. The second-order valence-electron chi connectivity index (χ2n) is 2.41. The maximum absolute atomic E-state index is 5.98. The molecule has 1 nitrogen and oxygen atoms in total. The monoisotopic (exact) mass is 228 g/mol. The Morgan fingerprint density at radius 3 is 2.85 bits per heavy atom. The average Bonchev–Trinajstić information content (AvgIpc) is 2.61. The fourth-order valence-corrected chi connectivity index (χ4v) is 2.02. The van der Waals surface area contributed by atoms with Crippen molar-refractivity contribution >= 4 is 34.5 Å². The summed E-state index contributed by atoms with van der Waals surface area (Å²) in [4.78, 5) is 4.11. The van der Waals surface area contributed by atoms with Gasteiger partial charge in [0, 0.05) is 16.8 Å². The molecule has 0 aliphatic carbocycles. The van der Waals surface area contributed by atoms with Crippen LogP contribution in [0.2, 0.25) is 10.0 Å². The van der Waals surface area contributed by atoms with Crippen LogP contribution in [0.3, 0.4) is 0 Å². The van der Waals surface area contributed by atoms with Crippen LogP contribution in [-0.2, 0) is 0 Å². The molecule has 1 heterocycles. The third-order valence-corrected chi connectivity index (χ3v) is 2.86. The number of benzene rings is 1. The van der Waals surface area contributed by atoms with E-state index in [2.05, 4.69) is 10.4 Å². The Hall–Kier alpha value is -0.570. The lowest BCUT2D eigenvalue weighted by Crippen LogP contribution is -1.77. The molecule has 0 spiro atoms. The van der Waals surface area contributed by atoms with Crippen molar-refractivity contribution in [1.29, 1.82) is 0 Å². The molecule has 2 aromatic rings. The number of hydrogen-bond acceptors (Lipinski definition) is 2. The van der Waals surface area contributed by atoms with Crippen molar-refractivity contribution in [1.82, 2.24) is 4.98 Å². The first-order chi connectivity index (χ1) is 6.27. The van der Waals surface area contributed by atoms with Gasteiger partial charge in [0.25, 0.3) is 0 Å². The molecule has 1 aromatic heterocycles. The van der Waals surface area contributed by atoms with E-state index < -0.39 is 0 Å². The fraction of sp³-hybridized carbons (Fsp3) is 0. The fourth-order valence-electron chi connectivity index (χ4n) is 0.979. The van der Waals surface area contributed by atoms with Gasteiger partial charge in [-0.3, -0.25) is 0 Å². The molecule has 0 amide bonds. The summed E-state index contributed by atoms with van der Waals surface area (Å²) in [5.41, 5.74) is 0.861. The molecule has 0 saturated carbocycles. The lowest BCUT2D eigenvalue weighted by molar-refractivity contribution is 1.41. The SMILES string of the molecule is Clc1ccc(Cl)c(-c2nc[c]s2)c1. The first kappa shape index (κ1) is 9.00. The second kappa shape index (κ2) is 3.66. The van der Waals surface area contributed by atoms with Crippen LogP contribution in [0.5, 0.6) is 0 Å². The predicted octanol–water partition coefficient (Wildman–Crippen LogP) is 3.92. The topological polar surface area (TPSA) is 12.9 Å². The second-order valence-corrected chi connectivity index (χ2v) is 4.08. The molecular weight excluding hydrogens is 225 g/mol. The van der Waals surface area contributed by atoms with Crippen molar-refractivity contribution in [2.75, 3.05) is 0 Å². The van der Waals surface area contributed by atoms with Gasteiger partial charge in [-0.05, 0) is 18.2 Å². The van der Waals surface area contributed by atoms with Gasteiger partial charge in [0.15, 0.2) is 0 Å². The average molecular weight is 229 g/mol. The maximum atomic E-state index is 5.98. The minimum Gasteiger partial charge on any atom is -0.244 e. The summed E-state index contributed by atoms with van der Waals surface area (Å²) < 4.78 is 0. The molecule has 1 radical (unpaired) electrons. The van der Waals surface area contributed by atoms with Gasteiger partial charge in [0.1, 0.15) is 5.01 Å². The molecule has 65 valence electrons. The number of halogens is 2. The van der Waals surface area contributed by atoms with E-state index >= 15 is 0 Å². The molecule has 4 heteroatoms. The van der Waals surface area contributed by atoms with Crippen molar-refractivity contribution in [3.05, 3.63) is 39.8 Å². The van der Waals surface area contributed by atoms with Crippen LogP contribution in [-0.4, -0.2) is 4.98 Å². The molecule has 0 atom stereocenters. The highest BCUT2D eigenvalue weighted by Gasteiger charge is 2.05. The first-order valence-electron chi connectivity index (χ1n) is 3.54. The van der Waals surface area contributed by atoms with Crippen molar-refractivity contribution in [3.8, 4) is 10.6 Å². The van der Waals surface area contributed by atoms with Gasteiger partial charge in [0.2, 0.25) is 0 Å². The Morgan fingerprint density at radius 2 is 2.15 bits per heavy atom. The summed E-state index contributed by atoms with van der Waals surface area (Å²) in [7, 11) is 0. The van der Waals surface area contributed by atoms with Crippen LogP contribution in [0.4, 0.5) is 0 Å². The van der Waals surface area contributed by atoms with Crippen LogP contribution < -0.4 is 0 Å². The Kier molecular flexibility index (Phi) is 2.54. The summed E-state index contributed by atoms with van der Waals surface area (Å²) in [6.45, 7) is 0. The molecule has 0 unspecified atom stereocenters. The molecule has 0 aliphatic rings. The molecule has 1 aromatic carbocycles. The van der Waals surface area contributed by atoms with Crippen molar-refractivity contribution < 1.29 is 0 Å². The van der Waals surface area contributed by atoms with Gasteiger partial charge >= 0.3 is 0 Å². The van der Waals surface area contributed by atoms with E-state index in [4.69, 9.17) is 23.2 Å². The van der Waals surface area contributed by atoms with Crippen LogP contribution in [0.15, 0.2) is 24.4 Å². The zero-order valence-electron chi connectivity index (χ0n) is 6.42. The van der Waals surface area contributed by atoms with Crippen LogP contribution in [0.1, 0.15) is 0 Å².